The second kappa shape index (κ2) is 7.28. The first-order valence-corrected chi connectivity index (χ1v) is 6.07. The molecule has 6 nitrogen and oxygen atoms in total. The Labute approximate surface area is 111 Å². The number of hydrogen-bond acceptors (Lipinski definition) is 3. The molecule has 0 aliphatic rings. The molecule has 102 valence electrons. The van der Waals surface area contributed by atoms with Crippen molar-refractivity contribution in [1.82, 2.24) is 0 Å². The first-order chi connectivity index (χ1) is 9.08. The smallest absolute Gasteiger partial charge is 0.303 e. The predicted molar refractivity (Wildman–Crippen MR) is 71.1 cm³/mol. The van der Waals surface area contributed by atoms with Crippen LogP contribution >= 0.6 is 0 Å². The Balaban J connectivity index is 3.08. The second-order valence-corrected chi connectivity index (χ2v) is 4.13. The average molecular weight is 263 g/mol. The number of benzene rings is 1. The summed E-state index contributed by atoms with van der Waals surface area (Å²) in [5.74, 6) is -0.278. The molecule has 0 aliphatic carbocycles. The van der Waals surface area contributed by atoms with Gasteiger partial charge in [0.2, 0.25) is 0 Å². The monoisotopic (exact) mass is 263 g/mol. The topological polar surface area (TPSA) is 95.3 Å². The van der Waals surface area contributed by atoms with Gasteiger partial charge in [-0.2, -0.15) is 0 Å². The van der Waals surface area contributed by atoms with Crippen LogP contribution in [0.4, 0.5) is 0 Å². The van der Waals surface area contributed by atoms with Gasteiger partial charge in [0.15, 0.2) is 0 Å². The zero-order valence-electron chi connectivity index (χ0n) is 11.0. The first kappa shape index (κ1) is 14.9. The van der Waals surface area contributed by atoms with Crippen molar-refractivity contribution in [1.29, 1.82) is 0 Å². The maximum atomic E-state index is 10.7. The summed E-state index contributed by atoms with van der Waals surface area (Å²) in [5, 5.41) is 12.4. The third kappa shape index (κ3) is 4.52. The van der Waals surface area contributed by atoms with Gasteiger partial charge in [-0.05, 0) is 31.9 Å². The van der Waals surface area contributed by atoms with Gasteiger partial charge in [0.25, 0.3) is 0 Å². The number of carboxylic acids is 1. The fraction of sp³-hybridized carbons (Fsp3) is 0.462. The number of azide groups is 1. The van der Waals surface area contributed by atoms with E-state index in [4.69, 9.17) is 15.4 Å². The van der Waals surface area contributed by atoms with E-state index in [0.717, 1.165) is 11.1 Å². The largest absolute Gasteiger partial charge is 0.494 e. The van der Waals surface area contributed by atoms with E-state index in [-0.39, 0.29) is 12.8 Å². The van der Waals surface area contributed by atoms with Gasteiger partial charge in [-0.15, -0.1) is 0 Å². The van der Waals surface area contributed by atoms with Crippen molar-refractivity contribution >= 4 is 5.97 Å². The van der Waals surface area contributed by atoms with Crippen LogP contribution in [0.3, 0.4) is 0 Å². The summed E-state index contributed by atoms with van der Waals surface area (Å²) in [6.07, 6.45) is 0.201. The van der Waals surface area contributed by atoms with Gasteiger partial charge in [0.05, 0.1) is 12.6 Å². The number of carboxylic acid groups (broad SMARTS) is 1. The number of nitrogens with zero attached hydrogens (tertiary/aromatic N) is 3. The molecule has 6 heteroatoms. The molecule has 0 spiro atoms. The van der Waals surface area contributed by atoms with Gasteiger partial charge < -0.3 is 9.84 Å². The van der Waals surface area contributed by atoms with E-state index in [9.17, 15) is 4.79 Å². The Hall–Kier alpha value is -2.20. The molecule has 1 atom stereocenters. The van der Waals surface area contributed by atoms with Crippen LogP contribution in [-0.4, -0.2) is 17.7 Å². The molecule has 0 radical (unpaired) electrons. The molecule has 1 N–H and O–H groups in total. The lowest BCUT2D eigenvalue weighted by Crippen LogP contribution is -2.04. The maximum absolute atomic E-state index is 10.7. The highest BCUT2D eigenvalue weighted by Crippen LogP contribution is 2.32. The lowest BCUT2D eigenvalue weighted by molar-refractivity contribution is -0.137. The van der Waals surface area contributed by atoms with Gasteiger partial charge >= 0.3 is 5.97 Å². The molecule has 1 aromatic rings. The normalized spacial score (nSPS) is 11.5. The lowest BCUT2D eigenvalue weighted by atomic mass is 10.00. The minimum atomic E-state index is -0.913. The Morgan fingerprint density at radius 2 is 2.32 bits per heavy atom. The maximum Gasteiger partial charge on any atom is 0.303 e. The van der Waals surface area contributed by atoms with Crippen molar-refractivity contribution in [3.63, 3.8) is 0 Å². The molecule has 0 aromatic heterocycles. The summed E-state index contributed by atoms with van der Waals surface area (Å²) in [7, 11) is 0. The standard InChI is InChI=1S/C13H17N3O3/c1-3-19-12-6-4-9(2)8-10(12)11(15-16-14)5-7-13(17)18/h4,6,8,11H,3,5,7H2,1-2H3,(H,17,18). The predicted octanol–water partition coefficient (Wildman–Crippen LogP) is 3.61. The van der Waals surface area contributed by atoms with Crippen LogP contribution in [0.1, 0.15) is 36.9 Å². The van der Waals surface area contributed by atoms with Crippen LogP contribution in [-0.2, 0) is 4.79 Å². The Kier molecular flexibility index (Phi) is 5.70. The molecular weight excluding hydrogens is 246 g/mol. The summed E-state index contributed by atoms with van der Waals surface area (Å²) >= 11 is 0. The minimum Gasteiger partial charge on any atom is -0.494 e. The highest BCUT2D eigenvalue weighted by atomic mass is 16.5. The average Bonchev–Trinajstić information content (AvgIpc) is 2.37. The molecule has 19 heavy (non-hydrogen) atoms. The number of carbonyl (C=O) groups is 1. The number of ether oxygens (including phenoxy) is 1. The molecule has 1 unspecified atom stereocenters. The van der Waals surface area contributed by atoms with Gasteiger partial charge in [-0.25, -0.2) is 0 Å². The van der Waals surface area contributed by atoms with Crippen molar-refractivity contribution in [2.24, 2.45) is 5.11 Å². The molecule has 0 saturated heterocycles. The van der Waals surface area contributed by atoms with E-state index in [1.807, 2.05) is 32.0 Å². The lowest BCUT2D eigenvalue weighted by Gasteiger charge is -2.16. The van der Waals surface area contributed by atoms with Crippen LogP contribution < -0.4 is 4.74 Å². The van der Waals surface area contributed by atoms with E-state index in [0.29, 0.717) is 12.4 Å². The van der Waals surface area contributed by atoms with Crippen LogP contribution in [0.2, 0.25) is 0 Å². The van der Waals surface area contributed by atoms with E-state index in [1.165, 1.54) is 0 Å². The molecule has 0 fully saturated rings. The molecule has 0 amide bonds. The summed E-state index contributed by atoms with van der Waals surface area (Å²) < 4.78 is 5.50. The van der Waals surface area contributed by atoms with Gasteiger partial charge in [0.1, 0.15) is 5.75 Å². The van der Waals surface area contributed by atoms with Crippen LogP contribution in [0.25, 0.3) is 10.4 Å². The van der Waals surface area contributed by atoms with Crippen LogP contribution in [0, 0.1) is 6.92 Å². The SMILES string of the molecule is CCOc1ccc(C)cc1C(CCC(=O)O)N=[N+]=[N-]. The van der Waals surface area contributed by atoms with Crippen molar-refractivity contribution in [2.45, 2.75) is 32.7 Å². The van der Waals surface area contributed by atoms with E-state index in [1.54, 1.807) is 0 Å². The summed E-state index contributed by atoms with van der Waals surface area (Å²) in [5.41, 5.74) is 10.4. The zero-order valence-corrected chi connectivity index (χ0v) is 11.0. The Morgan fingerprint density at radius 1 is 1.58 bits per heavy atom. The summed E-state index contributed by atoms with van der Waals surface area (Å²) in [4.78, 5) is 13.4. The van der Waals surface area contributed by atoms with Gasteiger partial charge in [0, 0.05) is 16.9 Å². The first-order valence-electron chi connectivity index (χ1n) is 6.07. The van der Waals surface area contributed by atoms with Crippen molar-refractivity contribution < 1.29 is 14.6 Å². The van der Waals surface area contributed by atoms with Gasteiger partial charge in [-0.3, -0.25) is 4.79 Å². The van der Waals surface area contributed by atoms with E-state index >= 15 is 0 Å². The second-order valence-electron chi connectivity index (χ2n) is 4.13. The van der Waals surface area contributed by atoms with Gasteiger partial charge in [-0.1, -0.05) is 22.8 Å². The highest BCUT2D eigenvalue weighted by molar-refractivity contribution is 5.66. The fourth-order valence-corrected chi connectivity index (χ4v) is 1.81. The minimum absolute atomic E-state index is 0.0524. The van der Waals surface area contributed by atoms with Crippen molar-refractivity contribution in [3.05, 3.63) is 39.8 Å². The molecule has 1 aromatic carbocycles. The Morgan fingerprint density at radius 3 is 2.89 bits per heavy atom. The number of aryl methyl sites for hydroxylation is 1. The van der Waals surface area contributed by atoms with E-state index < -0.39 is 12.0 Å². The molecule has 1 rings (SSSR count). The summed E-state index contributed by atoms with van der Waals surface area (Å²) in [6.45, 7) is 4.28. The molecule has 0 aliphatic heterocycles. The zero-order chi connectivity index (χ0) is 14.3. The number of hydrogen-bond donors (Lipinski definition) is 1. The van der Waals surface area contributed by atoms with Crippen LogP contribution in [0.5, 0.6) is 5.75 Å². The quantitative estimate of drug-likeness (QED) is 0.462. The number of rotatable bonds is 7. The number of aliphatic carboxylic acids is 1. The van der Waals surface area contributed by atoms with Crippen LogP contribution in [0.15, 0.2) is 23.3 Å². The third-order valence-electron chi connectivity index (χ3n) is 2.65. The van der Waals surface area contributed by atoms with Crippen molar-refractivity contribution in [3.8, 4) is 5.75 Å². The third-order valence-corrected chi connectivity index (χ3v) is 2.65. The fourth-order valence-electron chi connectivity index (χ4n) is 1.81. The molecule has 0 bridgehead atoms. The molecule has 0 heterocycles. The molecule has 0 saturated carbocycles. The molecular formula is C13H17N3O3. The highest BCUT2D eigenvalue weighted by Gasteiger charge is 2.16. The summed E-state index contributed by atoms with van der Waals surface area (Å²) in [6, 6.07) is 5.06. The van der Waals surface area contributed by atoms with E-state index in [2.05, 4.69) is 10.0 Å². The Bertz CT molecular complexity index is 496. The van der Waals surface area contributed by atoms with Crippen molar-refractivity contribution in [2.75, 3.05) is 6.61 Å².